The second-order valence-electron chi connectivity index (χ2n) is 3.52. The molecule has 2 rings (SSSR count). The number of nitrogens with zero attached hydrogens (tertiary/aromatic N) is 1. The molecule has 0 aromatic heterocycles. The van der Waals surface area contributed by atoms with Crippen LogP contribution < -0.4 is 9.64 Å². The van der Waals surface area contributed by atoms with Crippen LogP contribution in [0.25, 0.3) is 0 Å². The fourth-order valence-electron chi connectivity index (χ4n) is 1.78. The molecule has 15 heavy (non-hydrogen) atoms. The molecule has 3 nitrogen and oxygen atoms in total. The Morgan fingerprint density at radius 2 is 2.27 bits per heavy atom. The molecule has 0 spiro atoms. The Bertz CT molecular complexity index is 392. The van der Waals surface area contributed by atoms with Crippen molar-refractivity contribution in [3.63, 3.8) is 0 Å². The molecule has 80 valence electrons. The average molecular weight is 225 g/mol. The number of methoxy groups -OCH3 is 1. The first-order valence-electron chi connectivity index (χ1n) is 4.91. The first-order valence-corrected chi connectivity index (χ1v) is 5.28. The smallest absolute Gasteiger partial charge is 0.139 e. The van der Waals surface area contributed by atoms with Crippen molar-refractivity contribution >= 4 is 23.1 Å². The van der Waals surface area contributed by atoms with E-state index < -0.39 is 0 Å². The van der Waals surface area contributed by atoms with Gasteiger partial charge in [0.15, 0.2) is 0 Å². The van der Waals surface area contributed by atoms with E-state index in [4.69, 9.17) is 21.7 Å². The standard InChI is InChI=1S/C11H13ClN2O/c1-15-10-7-8(4-5-9(10)12)14-6-2-3-11(14)13/h4-5,7,13H,2-3,6H2,1H3. The summed E-state index contributed by atoms with van der Waals surface area (Å²) < 4.78 is 5.15. The molecule has 1 aliphatic heterocycles. The highest BCUT2D eigenvalue weighted by Gasteiger charge is 2.19. The maximum absolute atomic E-state index is 7.78. The van der Waals surface area contributed by atoms with Crippen molar-refractivity contribution in [1.29, 1.82) is 5.41 Å². The summed E-state index contributed by atoms with van der Waals surface area (Å²) in [6, 6.07) is 5.61. The molecule has 4 heteroatoms. The summed E-state index contributed by atoms with van der Waals surface area (Å²) >= 11 is 5.94. The predicted octanol–water partition coefficient (Wildman–Crippen LogP) is 2.93. The van der Waals surface area contributed by atoms with Crippen LogP contribution in [-0.4, -0.2) is 19.5 Å². The summed E-state index contributed by atoms with van der Waals surface area (Å²) in [5, 5.41) is 8.38. The first kappa shape index (κ1) is 10.3. The van der Waals surface area contributed by atoms with Gasteiger partial charge in [-0.1, -0.05) is 11.6 Å². The van der Waals surface area contributed by atoms with Crippen LogP contribution in [-0.2, 0) is 0 Å². The molecule has 0 aliphatic carbocycles. The molecule has 1 aromatic rings. The predicted molar refractivity (Wildman–Crippen MR) is 62.3 cm³/mol. The Hall–Kier alpha value is -1.22. The monoisotopic (exact) mass is 224 g/mol. The van der Waals surface area contributed by atoms with E-state index in [0.717, 1.165) is 25.1 Å². The van der Waals surface area contributed by atoms with E-state index in [2.05, 4.69) is 0 Å². The highest BCUT2D eigenvalue weighted by Crippen LogP contribution is 2.31. The molecule has 0 amide bonds. The van der Waals surface area contributed by atoms with Gasteiger partial charge in [-0.25, -0.2) is 0 Å². The number of hydrogen-bond acceptors (Lipinski definition) is 2. The molecular formula is C11H13ClN2O. The highest BCUT2D eigenvalue weighted by molar-refractivity contribution is 6.32. The van der Waals surface area contributed by atoms with Gasteiger partial charge in [-0.2, -0.15) is 0 Å². The zero-order chi connectivity index (χ0) is 10.8. The van der Waals surface area contributed by atoms with Gasteiger partial charge in [0.1, 0.15) is 11.6 Å². The Labute approximate surface area is 94.1 Å². The molecule has 0 radical (unpaired) electrons. The molecule has 0 unspecified atom stereocenters. The maximum Gasteiger partial charge on any atom is 0.139 e. The van der Waals surface area contributed by atoms with Crippen molar-refractivity contribution in [2.24, 2.45) is 0 Å². The lowest BCUT2D eigenvalue weighted by atomic mass is 10.2. The normalized spacial score (nSPS) is 15.9. The summed E-state index contributed by atoms with van der Waals surface area (Å²) in [5.41, 5.74) is 0.985. The van der Waals surface area contributed by atoms with Crippen LogP contribution >= 0.6 is 11.6 Å². The Balaban J connectivity index is 2.32. The summed E-state index contributed by atoms with van der Waals surface area (Å²) in [7, 11) is 1.60. The van der Waals surface area contributed by atoms with Crippen LogP contribution in [0.15, 0.2) is 18.2 Å². The fourth-order valence-corrected chi connectivity index (χ4v) is 1.97. The van der Waals surface area contributed by atoms with Gasteiger partial charge in [0.25, 0.3) is 0 Å². The van der Waals surface area contributed by atoms with Gasteiger partial charge >= 0.3 is 0 Å². The van der Waals surface area contributed by atoms with Gasteiger partial charge < -0.3 is 9.64 Å². The van der Waals surface area contributed by atoms with E-state index in [0.29, 0.717) is 16.6 Å². The Morgan fingerprint density at radius 1 is 1.47 bits per heavy atom. The number of halogens is 1. The third-order valence-electron chi connectivity index (χ3n) is 2.57. The molecule has 1 N–H and O–H groups in total. The van der Waals surface area contributed by atoms with Crippen molar-refractivity contribution in [2.75, 3.05) is 18.6 Å². The van der Waals surface area contributed by atoms with Crippen molar-refractivity contribution in [2.45, 2.75) is 12.8 Å². The van der Waals surface area contributed by atoms with E-state index in [9.17, 15) is 0 Å². The topological polar surface area (TPSA) is 36.3 Å². The minimum Gasteiger partial charge on any atom is -0.495 e. The quantitative estimate of drug-likeness (QED) is 0.839. The Kier molecular flexibility index (Phi) is 2.82. The van der Waals surface area contributed by atoms with Crippen LogP contribution in [0.4, 0.5) is 5.69 Å². The number of hydrogen-bond donors (Lipinski definition) is 1. The molecule has 1 aromatic carbocycles. The van der Waals surface area contributed by atoms with E-state index in [1.165, 1.54) is 0 Å². The second kappa shape index (κ2) is 4.11. The van der Waals surface area contributed by atoms with Gasteiger partial charge in [-0.15, -0.1) is 0 Å². The number of benzene rings is 1. The first-order chi connectivity index (χ1) is 7.22. The molecule has 1 heterocycles. The van der Waals surface area contributed by atoms with Crippen molar-refractivity contribution in [3.05, 3.63) is 23.2 Å². The van der Waals surface area contributed by atoms with Gasteiger partial charge in [0.2, 0.25) is 0 Å². The van der Waals surface area contributed by atoms with E-state index in [-0.39, 0.29) is 0 Å². The molecule has 0 saturated carbocycles. The second-order valence-corrected chi connectivity index (χ2v) is 3.93. The zero-order valence-electron chi connectivity index (χ0n) is 8.59. The lowest BCUT2D eigenvalue weighted by Gasteiger charge is -2.18. The number of anilines is 1. The molecule has 0 bridgehead atoms. The van der Waals surface area contributed by atoms with Crippen LogP contribution in [0.1, 0.15) is 12.8 Å². The third-order valence-corrected chi connectivity index (χ3v) is 2.88. The molecule has 1 fully saturated rings. The van der Waals surface area contributed by atoms with Crippen molar-refractivity contribution < 1.29 is 4.74 Å². The van der Waals surface area contributed by atoms with Crippen LogP contribution in [0.3, 0.4) is 0 Å². The summed E-state index contributed by atoms with van der Waals surface area (Å²) in [4.78, 5) is 1.98. The average Bonchev–Trinajstić information content (AvgIpc) is 2.65. The van der Waals surface area contributed by atoms with Gasteiger partial charge in [-0.3, -0.25) is 5.41 Å². The molecular weight excluding hydrogens is 212 g/mol. The number of ether oxygens (including phenoxy) is 1. The lowest BCUT2D eigenvalue weighted by Crippen LogP contribution is -2.22. The van der Waals surface area contributed by atoms with E-state index >= 15 is 0 Å². The van der Waals surface area contributed by atoms with E-state index in [1.807, 2.05) is 17.0 Å². The summed E-state index contributed by atoms with van der Waals surface area (Å²) in [6.45, 7) is 0.906. The van der Waals surface area contributed by atoms with Gasteiger partial charge in [-0.05, 0) is 18.6 Å². The summed E-state index contributed by atoms with van der Waals surface area (Å²) in [5.74, 6) is 1.33. The number of rotatable bonds is 2. The SMILES string of the molecule is COc1cc(N2CCCC2=N)ccc1Cl. The van der Waals surface area contributed by atoms with Crippen molar-refractivity contribution in [1.82, 2.24) is 0 Å². The molecule has 1 saturated heterocycles. The van der Waals surface area contributed by atoms with E-state index in [1.54, 1.807) is 13.2 Å². The Morgan fingerprint density at radius 3 is 2.87 bits per heavy atom. The third kappa shape index (κ3) is 1.92. The van der Waals surface area contributed by atoms with Gasteiger partial charge in [0, 0.05) is 24.7 Å². The van der Waals surface area contributed by atoms with Gasteiger partial charge in [0.05, 0.1) is 12.1 Å². The van der Waals surface area contributed by atoms with Crippen LogP contribution in [0.5, 0.6) is 5.75 Å². The van der Waals surface area contributed by atoms with Crippen LogP contribution in [0, 0.1) is 5.41 Å². The summed E-state index contributed by atoms with van der Waals surface area (Å²) in [6.07, 6.45) is 1.90. The van der Waals surface area contributed by atoms with Crippen molar-refractivity contribution in [3.8, 4) is 5.75 Å². The minimum absolute atomic E-state index is 0.604. The molecule has 0 atom stereocenters. The highest BCUT2D eigenvalue weighted by atomic mass is 35.5. The fraction of sp³-hybridized carbons (Fsp3) is 0.364. The lowest BCUT2D eigenvalue weighted by molar-refractivity contribution is 0.415. The molecule has 1 aliphatic rings. The number of amidine groups is 1. The van der Waals surface area contributed by atoms with Crippen LogP contribution in [0.2, 0.25) is 5.02 Å². The zero-order valence-corrected chi connectivity index (χ0v) is 9.34. The minimum atomic E-state index is 0.604. The largest absolute Gasteiger partial charge is 0.495 e. The maximum atomic E-state index is 7.78. The number of nitrogens with one attached hydrogen (secondary N) is 1.